The molecule has 124 valence electrons. The van der Waals surface area contributed by atoms with Crippen molar-refractivity contribution < 1.29 is 14.3 Å². The van der Waals surface area contributed by atoms with E-state index in [0.29, 0.717) is 5.69 Å². The highest BCUT2D eigenvalue weighted by molar-refractivity contribution is 6.22. The molecule has 2 aromatic carbocycles. The molecule has 2 aliphatic carbocycles. The van der Waals surface area contributed by atoms with Gasteiger partial charge in [-0.3, -0.25) is 9.59 Å². The normalized spacial score (nSPS) is 32.4. The number of rotatable bonds is 0. The van der Waals surface area contributed by atoms with Gasteiger partial charge in [-0.15, -0.1) is 0 Å². The summed E-state index contributed by atoms with van der Waals surface area (Å²) in [5.41, 5.74) is 3.13. The number of anilines is 1. The minimum absolute atomic E-state index is 0.00389. The molecule has 4 heteroatoms. The first-order valence-corrected chi connectivity index (χ1v) is 8.83. The molecule has 2 heterocycles. The zero-order chi connectivity index (χ0) is 17.0. The minimum atomic E-state index is -1.03. The first kappa shape index (κ1) is 13.8. The average molecular weight is 331 g/mol. The molecule has 2 spiro atoms. The first-order chi connectivity index (χ1) is 12.1. The van der Waals surface area contributed by atoms with Crippen LogP contribution in [-0.4, -0.2) is 17.9 Å². The Hall–Kier alpha value is -2.46. The van der Waals surface area contributed by atoms with Crippen LogP contribution in [0.25, 0.3) is 0 Å². The molecule has 1 saturated carbocycles. The van der Waals surface area contributed by atoms with Crippen molar-refractivity contribution in [2.75, 3.05) is 4.90 Å². The molecule has 0 bridgehead atoms. The fourth-order valence-corrected chi connectivity index (χ4v) is 5.46. The van der Waals surface area contributed by atoms with Crippen molar-refractivity contribution in [3.63, 3.8) is 0 Å². The lowest BCUT2D eigenvalue weighted by Gasteiger charge is -2.51. The summed E-state index contributed by atoms with van der Waals surface area (Å²) in [5.74, 6) is -0.479. The number of hydrogen-bond donors (Lipinski definition) is 0. The molecule has 2 amide bonds. The van der Waals surface area contributed by atoms with Gasteiger partial charge in [0.2, 0.25) is 5.91 Å². The van der Waals surface area contributed by atoms with Crippen molar-refractivity contribution >= 4 is 17.5 Å². The number of nitrogens with zero attached hydrogens (tertiary/aromatic N) is 1. The summed E-state index contributed by atoms with van der Waals surface area (Å²) in [7, 11) is 0. The number of amides is 2. The summed E-state index contributed by atoms with van der Waals surface area (Å²) >= 11 is 0. The highest BCUT2D eigenvalue weighted by atomic mass is 16.6. The zero-order valence-electron chi connectivity index (χ0n) is 13.9. The molecule has 1 saturated heterocycles. The number of carbonyl (C=O) groups excluding carboxylic acids is 2. The van der Waals surface area contributed by atoms with Crippen molar-refractivity contribution in [1.29, 1.82) is 0 Å². The predicted octanol–water partition coefficient (Wildman–Crippen LogP) is 3.00. The Bertz CT molecular complexity index is 977. The Balaban J connectivity index is 1.60. The van der Waals surface area contributed by atoms with Gasteiger partial charge in [0.25, 0.3) is 5.91 Å². The van der Waals surface area contributed by atoms with Crippen LogP contribution in [0.5, 0.6) is 0 Å². The van der Waals surface area contributed by atoms with Crippen molar-refractivity contribution in [3.05, 3.63) is 65.2 Å². The van der Waals surface area contributed by atoms with E-state index in [4.69, 9.17) is 4.74 Å². The average Bonchev–Trinajstić information content (AvgIpc) is 3.27. The number of hydrogen-bond acceptors (Lipinski definition) is 3. The summed E-state index contributed by atoms with van der Waals surface area (Å²) in [6.07, 6.45) is 2.29. The highest BCUT2D eigenvalue weighted by Crippen LogP contribution is 2.73. The van der Waals surface area contributed by atoms with Gasteiger partial charge in [0, 0.05) is 17.9 Å². The van der Waals surface area contributed by atoms with Gasteiger partial charge in [-0.05, 0) is 30.0 Å². The van der Waals surface area contributed by atoms with E-state index < -0.39 is 5.60 Å². The lowest BCUT2D eigenvalue weighted by molar-refractivity contribution is -0.229. The van der Waals surface area contributed by atoms with Gasteiger partial charge in [0.15, 0.2) is 5.60 Å². The second-order valence-corrected chi connectivity index (χ2v) is 7.67. The van der Waals surface area contributed by atoms with Crippen molar-refractivity contribution in [1.82, 2.24) is 0 Å². The van der Waals surface area contributed by atoms with Gasteiger partial charge in [-0.2, -0.15) is 0 Å². The predicted molar refractivity (Wildman–Crippen MR) is 91.3 cm³/mol. The van der Waals surface area contributed by atoms with E-state index in [2.05, 4.69) is 18.2 Å². The quantitative estimate of drug-likeness (QED) is 0.745. The smallest absolute Gasteiger partial charge is 0.271 e. The molecule has 4 nitrogen and oxygen atoms in total. The SMILES string of the molecule is CC(=O)N1C(=O)[C@]2(O[C@H]3[C@@H]2c2ccccc2C32CC2)c2ccccc21. The maximum absolute atomic E-state index is 13.4. The summed E-state index contributed by atoms with van der Waals surface area (Å²) in [4.78, 5) is 26.8. The van der Waals surface area contributed by atoms with Crippen molar-refractivity contribution in [2.45, 2.75) is 42.8 Å². The fraction of sp³-hybridized carbons (Fsp3) is 0.333. The Morgan fingerprint density at radius 1 is 1.08 bits per heavy atom. The fourth-order valence-electron chi connectivity index (χ4n) is 5.46. The molecule has 3 atom stereocenters. The van der Waals surface area contributed by atoms with Crippen LogP contribution in [0.1, 0.15) is 42.4 Å². The van der Waals surface area contributed by atoms with Crippen LogP contribution in [0.2, 0.25) is 0 Å². The van der Waals surface area contributed by atoms with Gasteiger partial charge in [-0.25, -0.2) is 4.90 Å². The summed E-state index contributed by atoms with van der Waals surface area (Å²) in [5, 5.41) is 0. The number of benzene rings is 2. The topological polar surface area (TPSA) is 46.6 Å². The molecule has 25 heavy (non-hydrogen) atoms. The van der Waals surface area contributed by atoms with Crippen LogP contribution in [0.15, 0.2) is 48.5 Å². The van der Waals surface area contributed by atoms with Crippen LogP contribution in [0, 0.1) is 0 Å². The van der Waals surface area contributed by atoms with Crippen LogP contribution < -0.4 is 4.90 Å². The van der Waals surface area contributed by atoms with E-state index in [1.54, 1.807) is 0 Å². The van der Waals surface area contributed by atoms with Gasteiger partial charge in [0.1, 0.15) is 0 Å². The van der Waals surface area contributed by atoms with Crippen LogP contribution in [-0.2, 0) is 25.3 Å². The summed E-state index contributed by atoms with van der Waals surface area (Å²) < 4.78 is 6.45. The molecule has 2 fully saturated rings. The summed E-state index contributed by atoms with van der Waals surface area (Å²) in [6, 6.07) is 16.0. The van der Waals surface area contributed by atoms with Gasteiger partial charge >= 0.3 is 0 Å². The van der Waals surface area contributed by atoms with Gasteiger partial charge < -0.3 is 4.74 Å². The van der Waals surface area contributed by atoms with E-state index in [1.807, 2.05) is 30.3 Å². The third kappa shape index (κ3) is 1.30. The molecule has 0 radical (unpaired) electrons. The largest absolute Gasteiger partial charge is 0.355 e. The van der Waals surface area contributed by atoms with E-state index >= 15 is 0 Å². The van der Waals surface area contributed by atoms with Crippen LogP contribution >= 0.6 is 0 Å². The first-order valence-electron chi connectivity index (χ1n) is 8.83. The van der Waals surface area contributed by atoms with E-state index in [1.165, 1.54) is 23.0 Å². The molecule has 6 rings (SSSR count). The maximum atomic E-state index is 13.4. The summed E-state index contributed by atoms with van der Waals surface area (Å²) in [6.45, 7) is 1.44. The second kappa shape index (κ2) is 4.02. The van der Waals surface area contributed by atoms with E-state index in [-0.39, 0.29) is 29.3 Å². The molecule has 2 aromatic rings. The Kier molecular flexibility index (Phi) is 2.22. The molecular weight excluding hydrogens is 314 g/mol. The third-order valence-electron chi connectivity index (χ3n) is 6.60. The van der Waals surface area contributed by atoms with Crippen molar-refractivity contribution in [2.24, 2.45) is 0 Å². The lowest BCUT2D eigenvalue weighted by atomic mass is 9.71. The van der Waals surface area contributed by atoms with E-state index in [9.17, 15) is 9.59 Å². The maximum Gasteiger partial charge on any atom is 0.271 e. The minimum Gasteiger partial charge on any atom is -0.355 e. The van der Waals surface area contributed by atoms with Gasteiger partial charge in [-0.1, -0.05) is 42.5 Å². The lowest BCUT2D eigenvalue weighted by Crippen LogP contribution is -2.61. The van der Waals surface area contributed by atoms with Gasteiger partial charge in [0.05, 0.1) is 17.7 Å². The van der Waals surface area contributed by atoms with Crippen LogP contribution in [0.4, 0.5) is 5.69 Å². The van der Waals surface area contributed by atoms with E-state index in [0.717, 1.165) is 18.4 Å². The molecule has 4 aliphatic rings. The number of carbonyl (C=O) groups is 2. The van der Waals surface area contributed by atoms with Crippen molar-refractivity contribution in [3.8, 4) is 0 Å². The molecule has 0 N–H and O–H groups in total. The van der Waals surface area contributed by atoms with Crippen LogP contribution in [0.3, 0.4) is 0 Å². The Labute approximate surface area is 145 Å². The molecule has 0 unspecified atom stereocenters. The molecule has 2 aliphatic heterocycles. The molecular formula is C21H17NO3. The Morgan fingerprint density at radius 2 is 1.76 bits per heavy atom. The zero-order valence-corrected chi connectivity index (χ0v) is 13.9. The molecule has 0 aromatic heterocycles. The number of ether oxygens (including phenoxy) is 1. The number of imide groups is 1. The monoisotopic (exact) mass is 331 g/mol. The number of para-hydroxylation sites is 1. The highest BCUT2D eigenvalue weighted by Gasteiger charge is 2.77. The Morgan fingerprint density at radius 3 is 2.48 bits per heavy atom. The standard InChI is InChI=1S/C21H17NO3/c1-12(23)22-16-9-5-4-8-15(16)21(19(22)24)17-13-6-2-3-7-14(13)20(10-11-20)18(17)25-21/h2-9,17-18H,10-11H2,1H3/t17-,18-,21-/m0/s1. The number of fused-ring (bicyclic) bond motifs is 8. The second-order valence-electron chi connectivity index (χ2n) is 7.67. The third-order valence-corrected chi connectivity index (χ3v) is 6.60.